The number of fused-ring (bicyclic) bond motifs is 2. The summed E-state index contributed by atoms with van der Waals surface area (Å²) in [5.74, 6) is 0.841. The van der Waals surface area contributed by atoms with Gasteiger partial charge in [-0.1, -0.05) is 12.5 Å². The molecule has 2 atom stereocenters. The standard InChI is InChI=1S/C20H29N3O2/c1-3-23(2)20(25)16-9-5-8-15(10-16)19(24)22-18-13-6-4-7-14(18)12-17(21)11-13/h5,8-10,13-14,17-18H,3-4,6-7,11-12,21H2,1-2H3,(H,22,24). The van der Waals surface area contributed by atoms with E-state index < -0.39 is 0 Å². The molecule has 2 amide bonds. The van der Waals surface area contributed by atoms with Gasteiger partial charge in [0.1, 0.15) is 0 Å². The van der Waals surface area contributed by atoms with Crippen molar-refractivity contribution in [3.63, 3.8) is 0 Å². The van der Waals surface area contributed by atoms with Crippen LogP contribution in [0.15, 0.2) is 24.3 Å². The Morgan fingerprint density at radius 1 is 1.20 bits per heavy atom. The van der Waals surface area contributed by atoms with E-state index >= 15 is 0 Å². The minimum absolute atomic E-state index is 0.0577. The van der Waals surface area contributed by atoms with Crippen molar-refractivity contribution in [1.29, 1.82) is 0 Å². The molecule has 3 N–H and O–H groups in total. The van der Waals surface area contributed by atoms with E-state index in [4.69, 9.17) is 5.73 Å². The molecule has 0 heterocycles. The molecule has 0 radical (unpaired) electrons. The molecule has 2 bridgehead atoms. The third-order valence-corrected chi connectivity index (χ3v) is 5.87. The highest BCUT2D eigenvalue weighted by molar-refractivity contribution is 5.99. The highest BCUT2D eigenvalue weighted by Crippen LogP contribution is 2.39. The van der Waals surface area contributed by atoms with E-state index in [1.54, 1.807) is 36.2 Å². The SMILES string of the molecule is CCN(C)C(=O)c1cccc(C(=O)NC2C3CCCC2CC(N)C3)c1. The van der Waals surface area contributed by atoms with Gasteiger partial charge in [-0.25, -0.2) is 0 Å². The number of hydrogen-bond acceptors (Lipinski definition) is 3. The predicted octanol–water partition coefficient (Wildman–Crippen LogP) is 2.41. The van der Waals surface area contributed by atoms with E-state index in [-0.39, 0.29) is 23.9 Å². The minimum atomic E-state index is -0.0776. The second-order valence-electron chi connectivity index (χ2n) is 7.58. The van der Waals surface area contributed by atoms with Crippen LogP contribution in [0.1, 0.15) is 59.7 Å². The van der Waals surface area contributed by atoms with Crippen LogP contribution in [0, 0.1) is 11.8 Å². The molecule has 2 fully saturated rings. The van der Waals surface area contributed by atoms with Crippen molar-refractivity contribution in [3.05, 3.63) is 35.4 Å². The van der Waals surface area contributed by atoms with Crippen molar-refractivity contribution in [3.8, 4) is 0 Å². The van der Waals surface area contributed by atoms with Crippen LogP contribution in [-0.4, -0.2) is 42.4 Å². The van der Waals surface area contributed by atoms with Gasteiger partial charge in [-0.2, -0.15) is 0 Å². The number of benzene rings is 1. The maximum Gasteiger partial charge on any atom is 0.253 e. The Kier molecular flexibility index (Phi) is 5.42. The zero-order valence-corrected chi connectivity index (χ0v) is 15.2. The maximum absolute atomic E-state index is 12.8. The second-order valence-corrected chi connectivity index (χ2v) is 7.58. The lowest BCUT2D eigenvalue weighted by atomic mass is 9.67. The van der Waals surface area contributed by atoms with Gasteiger partial charge in [0.15, 0.2) is 0 Å². The number of nitrogens with zero attached hydrogens (tertiary/aromatic N) is 1. The molecule has 1 aromatic carbocycles. The molecule has 1 aromatic rings. The fourth-order valence-electron chi connectivity index (χ4n) is 4.42. The van der Waals surface area contributed by atoms with Crippen LogP contribution in [0.2, 0.25) is 0 Å². The summed E-state index contributed by atoms with van der Waals surface area (Å²) in [5, 5.41) is 3.25. The normalized spacial score (nSPS) is 28.3. The summed E-state index contributed by atoms with van der Waals surface area (Å²) in [6.45, 7) is 2.57. The molecule has 5 heteroatoms. The Labute approximate surface area is 150 Å². The first-order valence-electron chi connectivity index (χ1n) is 9.41. The molecular formula is C20H29N3O2. The Bertz CT molecular complexity index is 632. The summed E-state index contributed by atoms with van der Waals surface area (Å²) in [6, 6.07) is 7.52. The Balaban J connectivity index is 1.72. The van der Waals surface area contributed by atoms with Gasteiger partial charge in [-0.3, -0.25) is 9.59 Å². The van der Waals surface area contributed by atoms with Crippen molar-refractivity contribution in [2.45, 2.75) is 51.1 Å². The van der Waals surface area contributed by atoms with Crippen molar-refractivity contribution >= 4 is 11.8 Å². The third kappa shape index (κ3) is 3.87. The van der Waals surface area contributed by atoms with E-state index in [1.165, 1.54) is 6.42 Å². The molecule has 25 heavy (non-hydrogen) atoms. The number of nitrogens with one attached hydrogen (secondary N) is 1. The smallest absolute Gasteiger partial charge is 0.253 e. The molecule has 0 aromatic heterocycles. The summed E-state index contributed by atoms with van der Waals surface area (Å²) in [6.07, 6.45) is 5.54. The number of carbonyl (C=O) groups excluding carboxylic acids is 2. The topological polar surface area (TPSA) is 75.4 Å². The second kappa shape index (κ2) is 7.56. The summed E-state index contributed by atoms with van der Waals surface area (Å²) in [5.41, 5.74) is 7.29. The highest BCUT2D eigenvalue weighted by atomic mass is 16.2. The Morgan fingerprint density at radius 2 is 1.84 bits per heavy atom. The van der Waals surface area contributed by atoms with Gasteiger partial charge < -0.3 is 16.0 Å². The third-order valence-electron chi connectivity index (χ3n) is 5.87. The molecule has 5 nitrogen and oxygen atoms in total. The van der Waals surface area contributed by atoms with Crippen LogP contribution in [-0.2, 0) is 0 Å². The fourth-order valence-corrected chi connectivity index (χ4v) is 4.42. The number of amides is 2. The average molecular weight is 343 g/mol. The molecule has 0 aliphatic heterocycles. The van der Waals surface area contributed by atoms with Gasteiger partial charge in [-0.05, 0) is 62.6 Å². The van der Waals surface area contributed by atoms with Gasteiger partial charge in [0, 0.05) is 36.8 Å². The lowest BCUT2D eigenvalue weighted by molar-refractivity contribution is 0.0756. The van der Waals surface area contributed by atoms with Crippen LogP contribution < -0.4 is 11.1 Å². The number of nitrogens with two attached hydrogens (primary N) is 1. The zero-order valence-electron chi connectivity index (χ0n) is 15.2. The number of carbonyl (C=O) groups is 2. The molecular weight excluding hydrogens is 314 g/mol. The Morgan fingerprint density at radius 3 is 2.48 bits per heavy atom. The first-order chi connectivity index (χ1) is 12.0. The predicted molar refractivity (Wildman–Crippen MR) is 98.4 cm³/mol. The van der Waals surface area contributed by atoms with Crippen molar-refractivity contribution < 1.29 is 9.59 Å². The molecule has 2 aliphatic rings. The van der Waals surface area contributed by atoms with Crippen LogP contribution in [0.3, 0.4) is 0 Å². The van der Waals surface area contributed by atoms with Crippen molar-refractivity contribution in [2.75, 3.05) is 13.6 Å². The quantitative estimate of drug-likeness (QED) is 0.881. The van der Waals surface area contributed by atoms with Crippen molar-refractivity contribution in [2.24, 2.45) is 17.6 Å². The summed E-state index contributed by atoms with van der Waals surface area (Å²) < 4.78 is 0. The lowest BCUT2D eigenvalue weighted by Crippen LogP contribution is -2.53. The van der Waals surface area contributed by atoms with Crippen LogP contribution in [0.25, 0.3) is 0 Å². The molecule has 0 spiro atoms. The molecule has 2 unspecified atom stereocenters. The Hall–Kier alpha value is -1.88. The fraction of sp³-hybridized carbons (Fsp3) is 0.600. The first kappa shape index (κ1) is 17.9. The van der Waals surface area contributed by atoms with Gasteiger partial charge in [0.05, 0.1) is 0 Å². The lowest BCUT2D eigenvalue weighted by Gasteiger charge is -2.45. The number of rotatable bonds is 4. The van der Waals surface area contributed by atoms with Crippen LogP contribution in [0.4, 0.5) is 0 Å². The van der Waals surface area contributed by atoms with Crippen molar-refractivity contribution in [1.82, 2.24) is 10.2 Å². The average Bonchev–Trinajstić information content (AvgIpc) is 2.61. The van der Waals surface area contributed by atoms with Gasteiger partial charge in [0.2, 0.25) is 0 Å². The van der Waals surface area contributed by atoms with E-state index in [2.05, 4.69) is 5.32 Å². The minimum Gasteiger partial charge on any atom is -0.349 e. The van der Waals surface area contributed by atoms with Gasteiger partial charge in [0.25, 0.3) is 11.8 Å². The van der Waals surface area contributed by atoms with Crippen LogP contribution in [0.5, 0.6) is 0 Å². The largest absolute Gasteiger partial charge is 0.349 e. The van der Waals surface area contributed by atoms with E-state index in [0.717, 1.165) is 25.7 Å². The van der Waals surface area contributed by atoms with Crippen LogP contribution >= 0.6 is 0 Å². The molecule has 136 valence electrons. The zero-order chi connectivity index (χ0) is 18.0. The highest BCUT2D eigenvalue weighted by Gasteiger charge is 2.39. The van der Waals surface area contributed by atoms with E-state index in [9.17, 15) is 9.59 Å². The molecule has 2 aliphatic carbocycles. The summed E-state index contributed by atoms with van der Waals surface area (Å²) >= 11 is 0. The maximum atomic E-state index is 12.8. The van der Waals surface area contributed by atoms with E-state index in [0.29, 0.717) is 29.5 Å². The summed E-state index contributed by atoms with van der Waals surface area (Å²) in [7, 11) is 1.77. The summed E-state index contributed by atoms with van der Waals surface area (Å²) in [4.78, 5) is 26.7. The monoisotopic (exact) mass is 343 g/mol. The van der Waals surface area contributed by atoms with E-state index in [1.807, 2.05) is 6.92 Å². The number of hydrogen-bond donors (Lipinski definition) is 2. The molecule has 3 rings (SSSR count). The molecule has 0 saturated heterocycles. The first-order valence-corrected chi connectivity index (χ1v) is 9.41. The van der Waals surface area contributed by atoms with Gasteiger partial charge >= 0.3 is 0 Å². The molecule has 2 saturated carbocycles. The van der Waals surface area contributed by atoms with Gasteiger partial charge in [-0.15, -0.1) is 0 Å².